The van der Waals surface area contributed by atoms with E-state index in [0.29, 0.717) is 12.4 Å². The number of methoxy groups -OCH3 is 1. The van der Waals surface area contributed by atoms with Crippen LogP contribution in [0.1, 0.15) is 4.88 Å². The summed E-state index contributed by atoms with van der Waals surface area (Å²) >= 11 is 10.9. The number of hydrogen-bond donors (Lipinski definition) is 2. The number of pyridine rings is 1. The first-order valence-corrected chi connectivity index (χ1v) is 8.38. The van der Waals surface area contributed by atoms with Crippen LogP contribution in [0.25, 0.3) is 11.3 Å². The van der Waals surface area contributed by atoms with Gasteiger partial charge in [0.2, 0.25) is 5.88 Å². The first kappa shape index (κ1) is 15.3. The number of aromatic nitrogens is 3. The van der Waals surface area contributed by atoms with Gasteiger partial charge in [0.1, 0.15) is 5.82 Å². The van der Waals surface area contributed by atoms with E-state index in [1.165, 1.54) is 0 Å². The van der Waals surface area contributed by atoms with E-state index in [-0.39, 0.29) is 0 Å². The van der Waals surface area contributed by atoms with E-state index in [0.717, 1.165) is 30.8 Å². The fourth-order valence-electron chi connectivity index (χ4n) is 1.91. The van der Waals surface area contributed by atoms with Gasteiger partial charge in [-0.15, -0.1) is 11.3 Å². The molecule has 0 bridgehead atoms. The minimum atomic E-state index is 0.552. The number of anilines is 1. The molecule has 3 heterocycles. The third kappa shape index (κ3) is 3.43. The van der Waals surface area contributed by atoms with Gasteiger partial charge in [0, 0.05) is 22.7 Å². The van der Waals surface area contributed by atoms with E-state index in [1.54, 1.807) is 24.6 Å². The van der Waals surface area contributed by atoms with E-state index < -0.39 is 0 Å². The highest BCUT2D eigenvalue weighted by Gasteiger charge is 2.08. The summed E-state index contributed by atoms with van der Waals surface area (Å²) in [7, 11) is 1.59. The summed E-state index contributed by atoms with van der Waals surface area (Å²) in [6, 6.07) is 7.76. The molecule has 0 fully saturated rings. The zero-order valence-corrected chi connectivity index (χ0v) is 14.7. The largest absolute Gasteiger partial charge is 0.480 e. The Bertz CT molecular complexity index is 789. The summed E-state index contributed by atoms with van der Waals surface area (Å²) in [5.74, 6) is 1.32. The predicted molar refractivity (Wildman–Crippen MR) is 92.7 cm³/mol. The van der Waals surface area contributed by atoms with Crippen molar-refractivity contribution in [3.63, 3.8) is 0 Å². The van der Waals surface area contributed by atoms with E-state index in [2.05, 4.69) is 36.4 Å². The second-order valence-electron chi connectivity index (χ2n) is 4.44. The van der Waals surface area contributed by atoms with Gasteiger partial charge < -0.3 is 10.1 Å². The molecule has 3 rings (SSSR count). The SMILES string of the molecule is COc1ncc(-c2cc(NCc3ccc(Cl)s3)n[nH]2)cc1Br. The van der Waals surface area contributed by atoms with Crippen molar-refractivity contribution in [3.8, 4) is 17.1 Å². The average Bonchev–Trinajstić information content (AvgIpc) is 3.14. The van der Waals surface area contributed by atoms with Crippen LogP contribution in [0.5, 0.6) is 5.88 Å². The summed E-state index contributed by atoms with van der Waals surface area (Å²) in [5, 5.41) is 10.5. The van der Waals surface area contributed by atoms with Gasteiger partial charge in [0.25, 0.3) is 0 Å². The minimum Gasteiger partial charge on any atom is -0.480 e. The maximum absolute atomic E-state index is 5.91. The Kier molecular flexibility index (Phi) is 4.66. The fourth-order valence-corrected chi connectivity index (χ4v) is 3.45. The highest BCUT2D eigenvalue weighted by Crippen LogP contribution is 2.28. The summed E-state index contributed by atoms with van der Waals surface area (Å²) in [5.41, 5.74) is 1.80. The third-order valence-corrected chi connectivity index (χ3v) is 4.76. The van der Waals surface area contributed by atoms with Crippen LogP contribution in [0, 0.1) is 0 Å². The van der Waals surface area contributed by atoms with Crippen molar-refractivity contribution in [3.05, 3.63) is 44.1 Å². The zero-order chi connectivity index (χ0) is 15.5. The molecule has 22 heavy (non-hydrogen) atoms. The molecule has 2 N–H and O–H groups in total. The Balaban J connectivity index is 1.71. The van der Waals surface area contributed by atoms with Crippen molar-refractivity contribution in [1.29, 1.82) is 0 Å². The third-order valence-electron chi connectivity index (χ3n) is 2.96. The number of nitrogens with one attached hydrogen (secondary N) is 2. The lowest BCUT2D eigenvalue weighted by Crippen LogP contribution is -1.97. The second kappa shape index (κ2) is 6.68. The Morgan fingerprint density at radius 1 is 1.41 bits per heavy atom. The number of rotatable bonds is 5. The van der Waals surface area contributed by atoms with Crippen LogP contribution in [-0.4, -0.2) is 22.3 Å². The van der Waals surface area contributed by atoms with Crippen LogP contribution in [0.2, 0.25) is 4.34 Å². The van der Waals surface area contributed by atoms with Crippen molar-refractivity contribution in [2.45, 2.75) is 6.54 Å². The first-order chi connectivity index (χ1) is 10.7. The van der Waals surface area contributed by atoms with Gasteiger partial charge in [-0.25, -0.2) is 4.98 Å². The molecule has 3 aromatic heterocycles. The monoisotopic (exact) mass is 398 g/mol. The molecular weight excluding hydrogens is 388 g/mol. The summed E-state index contributed by atoms with van der Waals surface area (Å²) in [6.07, 6.45) is 1.74. The van der Waals surface area contributed by atoms with Gasteiger partial charge in [-0.05, 0) is 34.1 Å². The lowest BCUT2D eigenvalue weighted by atomic mass is 10.2. The van der Waals surface area contributed by atoms with Crippen LogP contribution in [0.4, 0.5) is 5.82 Å². The lowest BCUT2D eigenvalue weighted by molar-refractivity contribution is 0.395. The Labute approximate surface area is 144 Å². The van der Waals surface area contributed by atoms with Crippen molar-refractivity contribution in [1.82, 2.24) is 15.2 Å². The maximum atomic E-state index is 5.91. The van der Waals surface area contributed by atoms with E-state index in [1.807, 2.05) is 24.3 Å². The van der Waals surface area contributed by atoms with Crippen LogP contribution < -0.4 is 10.1 Å². The lowest BCUT2D eigenvalue weighted by Gasteiger charge is -2.03. The summed E-state index contributed by atoms with van der Waals surface area (Å²) < 4.78 is 6.71. The number of ether oxygens (including phenoxy) is 1. The average molecular weight is 400 g/mol. The topological polar surface area (TPSA) is 62.8 Å². The maximum Gasteiger partial charge on any atom is 0.227 e. The number of thiophene rings is 1. The molecule has 0 aliphatic rings. The first-order valence-electron chi connectivity index (χ1n) is 6.39. The molecule has 8 heteroatoms. The molecule has 3 aromatic rings. The molecule has 0 saturated heterocycles. The van der Waals surface area contributed by atoms with Gasteiger partial charge in [-0.3, -0.25) is 5.10 Å². The molecule has 0 amide bonds. The molecule has 0 spiro atoms. The standard InChI is InChI=1S/C14H12BrClN4OS/c1-21-14-10(15)4-8(6-18-14)11-5-13(20-19-11)17-7-9-2-3-12(16)22-9/h2-6H,7H2,1H3,(H2,17,19,20). The minimum absolute atomic E-state index is 0.552. The number of aromatic amines is 1. The van der Waals surface area contributed by atoms with Gasteiger partial charge >= 0.3 is 0 Å². The molecule has 5 nitrogen and oxygen atoms in total. The Morgan fingerprint density at radius 3 is 2.95 bits per heavy atom. The highest BCUT2D eigenvalue weighted by atomic mass is 79.9. The van der Waals surface area contributed by atoms with Crippen molar-refractivity contribution in [2.24, 2.45) is 0 Å². The van der Waals surface area contributed by atoms with Crippen LogP contribution in [0.15, 0.2) is 34.9 Å². The molecule has 0 aliphatic heterocycles. The molecule has 114 valence electrons. The van der Waals surface area contributed by atoms with E-state index in [9.17, 15) is 0 Å². The Morgan fingerprint density at radius 2 is 2.27 bits per heavy atom. The number of hydrogen-bond acceptors (Lipinski definition) is 5. The number of halogens is 2. The van der Waals surface area contributed by atoms with Gasteiger partial charge in [-0.2, -0.15) is 5.10 Å². The fraction of sp³-hybridized carbons (Fsp3) is 0.143. The summed E-state index contributed by atoms with van der Waals surface area (Å²) in [4.78, 5) is 5.38. The number of H-pyrrole nitrogens is 1. The predicted octanol–water partition coefficient (Wildman–Crippen LogP) is 4.57. The quantitative estimate of drug-likeness (QED) is 0.659. The van der Waals surface area contributed by atoms with Gasteiger partial charge in [0.05, 0.1) is 28.2 Å². The molecule has 0 atom stereocenters. The van der Waals surface area contributed by atoms with E-state index in [4.69, 9.17) is 16.3 Å². The molecular formula is C14H12BrClN4OS. The molecule has 0 aliphatic carbocycles. The molecule has 0 aromatic carbocycles. The zero-order valence-electron chi connectivity index (χ0n) is 11.6. The van der Waals surface area contributed by atoms with Crippen molar-refractivity contribution >= 4 is 44.7 Å². The molecule has 0 radical (unpaired) electrons. The van der Waals surface area contributed by atoms with Gasteiger partial charge in [-0.1, -0.05) is 11.6 Å². The Hall–Kier alpha value is -1.57. The van der Waals surface area contributed by atoms with Gasteiger partial charge in [0.15, 0.2) is 0 Å². The normalized spacial score (nSPS) is 10.7. The van der Waals surface area contributed by atoms with Crippen LogP contribution in [0.3, 0.4) is 0 Å². The highest BCUT2D eigenvalue weighted by molar-refractivity contribution is 9.10. The van der Waals surface area contributed by atoms with E-state index >= 15 is 0 Å². The second-order valence-corrected chi connectivity index (χ2v) is 7.10. The number of nitrogens with zero attached hydrogens (tertiary/aromatic N) is 2. The molecule has 0 saturated carbocycles. The smallest absolute Gasteiger partial charge is 0.227 e. The van der Waals surface area contributed by atoms with Crippen molar-refractivity contribution in [2.75, 3.05) is 12.4 Å². The van der Waals surface area contributed by atoms with Crippen LogP contribution in [-0.2, 0) is 6.54 Å². The van der Waals surface area contributed by atoms with Crippen LogP contribution >= 0.6 is 38.9 Å². The van der Waals surface area contributed by atoms with Crippen molar-refractivity contribution < 1.29 is 4.74 Å². The molecule has 0 unspecified atom stereocenters. The summed E-state index contributed by atoms with van der Waals surface area (Å²) in [6.45, 7) is 0.687.